The average molecular weight is 308 g/mol. The molecule has 0 spiro atoms. The van der Waals surface area contributed by atoms with Crippen LogP contribution in [0.2, 0.25) is 0 Å². The molecule has 0 N–H and O–H groups in total. The van der Waals surface area contributed by atoms with Gasteiger partial charge >= 0.3 is 6.18 Å². The van der Waals surface area contributed by atoms with Crippen molar-refractivity contribution in [3.63, 3.8) is 0 Å². The Balaban J connectivity index is 2.00. The zero-order valence-electron chi connectivity index (χ0n) is 12.1. The van der Waals surface area contributed by atoms with Gasteiger partial charge in [0.1, 0.15) is 5.83 Å². The number of rotatable bonds is 4. The van der Waals surface area contributed by atoms with Gasteiger partial charge in [-0.15, -0.1) is 0 Å². The van der Waals surface area contributed by atoms with E-state index in [1.54, 1.807) is 12.1 Å². The monoisotopic (exact) mass is 308 g/mol. The van der Waals surface area contributed by atoms with E-state index in [2.05, 4.69) is 12.1 Å². The van der Waals surface area contributed by atoms with E-state index in [1.165, 1.54) is 23.3 Å². The van der Waals surface area contributed by atoms with Crippen LogP contribution in [0.1, 0.15) is 22.3 Å². The lowest BCUT2D eigenvalue weighted by atomic mass is 10.0. The van der Waals surface area contributed by atoms with E-state index in [0.717, 1.165) is 18.4 Å². The quantitative estimate of drug-likeness (QED) is 0.640. The fourth-order valence-electron chi connectivity index (χ4n) is 2.10. The molecule has 0 bridgehead atoms. The van der Waals surface area contributed by atoms with E-state index in [9.17, 15) is 17.6 Å². The summed E-state index contributed by atoms with van der Waals surface area (Å²) in [6, 6.07) is 14.3. The van der Waals surface area contributed by atoms with Crippen molar-refractivity contribution < 1.29 is 17.6 Å². The highest BCUT2D eigenvalue weighted by atomic mass is 19.4. The number of hydrogen-bond donors (Lipinski definition) is 0. The van der Waals surface area contributed by atoms with Crippen LogP contribution < -0.4 is 0 Å². The number of alkyl halides is 3. The van der Waals surface area contributed by atoms with Crippen molar-refractivity contribution in [3.05, 3.63) is 76.9 Å². The van der Waals surface area contributed by atoms with Crippen LogP contribution in [0.3, 0.4) is 0 Å². The first kappa shape index (κ1) is 16.3. The van der Waals surface area contributed by atoms with Gasteiger partial charge < -0.3 is 0 Å². The molecule has 0 saturated carbocycles. The molecule has 116 valence electrons. The average Bonchev–Trinajstić information content (AvgIpc) is 2.45. The van der Waals surface area contributed by atoms with Gasteiger partial charge in [0.05, 0.1) is 6.08 Å². The third kappa shape index (κ3) is 5.02. The lowest BCUT2D eigenvalue weighted by Crippen LogP contribution is -2.02. The third-order valence-electron chi connectivity index (χ3n) is 3.34. The van der Waals surface area contributed by atoms with Crippen LogP contribution in [0.25, 0.3) is 5.83 Å². The van der Waals surface area contributed by atoms with Gasteiger partial charge in [-0.3, -0.25) is 0 Å². The summed E-state index contributed by atoms with van der Waals surface area (Å²) in [5, 5.41) is 0. The predicted octanol–water partition coefficient (Wildman–Crippen LogP) is 5.65. The van der Waals surface area contributed by atoms with Crippen molar-refractivity contribution in [3.8, 4) is 0 Å². The second-order valence-electron chi connectivity index (χ2n) is 5.22. The molecule has 0 aliphatic rings. The number of aryl methyl sites for hydroxylation is 3. The Morgan fingerprint density at radius 3 is 1.77 bits per heavy atom. The van der Waals surface area contributed by atoms with Gasteiger partial charge in [-0.25, -0.2) is 4.39 Å². The number of benzene rings is 2. The largest absolute Gasteiger partial charge is 0.412 e. The molecular formula is C18H16F4. The fraction of sp³-hybridized carbons (Fsp3) is 0.222. The second kappa shape index (κ2) is 6.77. The normalized spacial score (nSPS) is 12.5. The summed E-state index contributed by atoms with van der Waals surface area (Å²) in [6.07, 6.45) is -3.38. The molecule has 0 atom stereocenters. The molecule has 0 saturated heterocycles. The lowest BCUT2D eigenvalue weighted by Gasteiger charge is -2.05. The Hall–Kier alpha value is -2.10. The first-order valence-corrected chi connectivity index (χ1v) is 6.93. The topological polar surface area (TPSA) is 0 Å². The van der Waals surface area contributed by atoms with Crippen LogP contribution in [0.5, 0.6) is 0 Å². The van der Waals surface area contributed by atoms with E-state index in [1.807, 2.05) is 19.1 Å². The van der Waals surface area contributed by atoms with Crippen molar-refractivity contribution in [2.75, 3.05) is 0 Å². The zero-order valence-corrected chi connectivity index (χ0v) is 12.1. The Morgan fingerprint density at radius 1 is 0.864 bits per heavy atom. The molecule has 0 aliphatic heterocycles. The Bertz CT molecular complexity index is 634. The van der Waals surface area contributed by atoms with Crippen molar-refractivity contribution in [2.45, 2.75) is 25.9 Å². The van der Waals surface area contributed by atoms with Gasteiger partial charge in [-0.1, -0.05) is 54.1 Å². The maximum Gasteiger partial charge on any atom is 0.412 e. The van der Waals surface area contributed by atoms with Crippen LogP contribution in [0.4, 0.5) is 17.6 Å². The predicted molar refractivity (Wildman–Crippen MR) is 80.2 cm³/mol. The van der Waals surface area contributed by atoms with Crippen molar-refractivity contribution in [1.82, 2.24) is 0 Å². The fourth-order valence-corrected chi connectivity index (χ4v) is 2.10. The van der Waals surface area contributed by atoms with Gasteiger partial charge in [0.15, 0.2) is 0 Å². The number of hydrogen-bond acceptors (Lipinski definition) is 0. The standard InChI is InChI=1S/C18H16F4/c1-13-2-4-14(5-3-13)6-7-15-8-10-16(11-9-15)17(19)12-18(20,21)22/h2-5,8-12H,6-7H2,1H3/b17-12-. The highest BCUT2D eigenvalue weighted by Gasteiger charge is 2.25. The van der Waals surface area contributed by atoms with Crippen LogP contribution in [0, 0.1) is 6.92 Å². The van der Waals surface area contributed by atoms with Gasteiger partial charge in [-0.05, 0) is 30.9 Å². The summed E-state index contributed by atoms with van der Waals surface area (Å²) >= 11 is 0. The Morgan fingerprint density at radius 2 is 1.32 bits per heavy atom. The van der Waals surface area contributed by atoms with E-state index in [-0.39, 0.29) is 11.6 Å². The van der Waals surface area contributed by atoms with Crippen molar-refractivity contribution >= 4 is 5.83 Å². The van der Waals surface area contributed by atoms with Gasteiger partial charge in [0, 0.05) is 5.56 Å². The highest BCUT2D eigenvalue weighted by molar-refractivity contribution is 5.59. The van der Waals surface area contributed by atoms with Crippen LogP contribution in [0.15, 0.2) is 54.6 Å². The van der Waals surface area contributed by atoms with Crippen molar-refractivity contribution in [2.24, 2.45) is 0 Å². The van der Waals surface area contributed by atoms with E-state index in [4.69, 9.17) is 0 Å². The molecular weight excluding hydrogens is 292 g/mol. The molecule has 0 nitrogen and oxygen atoms in total. The van der Waals surface area contributed by atoms with E-state index in [0.29, 0.717) is 0 Å². The molecule has 22 heavy (non-hydrogen) atoms. The Labute approximate surface area is 127 Å². The van der Waals surface area contributed by atoms with Gasteiger partial charge in [0.2, 0.25) is 0 Å². The molecule has 0 aliphatic carbocycles. The SMILES string of the molecule is Cc1ccc(CCc2ccc(/C(F)=C/C(F)(F)F)cc2)cc1. The molecule has 0 radical (unpaired) electrons. The second-order valence-corrected chi connectivity index (χ2v) is 5.22. The summed E-state index contributed by atoms with van der Waals surface area (Å²) in [5.74, 6) is -1.27. The lowest BCUT2D eigenvalue weighted by molar-refractivity contribution is -0.0798. The zero-order chi connectivity index (χ0) is 16.2. The number of halogens is 4. The molecule has 2 aromatic carbocycles. The Kier molecular flexibility index (Phi) is 5.01. The molecule has 2 aromatic rings. The molecule has 0 fully saturated rings. The minimum atomic E-state index is -4.64. The summed E-state index contributed by atoms with van der Waals surface area (Å²) in [4.78, 5) is 0. The molecule has 0 unspecified atom stereocenters. The maximum absolute atomic E-state index is 13.4. The minimum absolute atomic E-state index is 0.0589. The molecule has 0 amide bonds. The summed E-state index contributed by atoms with van der Waals surface area (Å²) < 4.78 is 49.7. The third-order valence-corrected chi connectivity index (χ3v) is 3.34. The van der Waals surface area contributed by atoms with Gasteiger partial charge in [-0.2, -0.15) is 13.2 Å². The summed E-state index contributed by atoms with van der Waals surface area (Å²) in [7, 11) is 0. The number of allylic oxidation sites excluding steroid dienone is 1. The minimum Gasteiger partial charge on any atom is -0.206 e. The first-order chi connectivity index (χ1) is 10.3. The first-order valence-electron chi connectivity index (χ1n) is 6.93. The van der Waals surface area contributed by atoms with Crippen LogP contribution in [-0.4, -0.2) is 6.18 Å². The molecule has 2 rings (SSSR count). The van der Waals surface area contributed by atoms with E-state index < -0.39 is 12.0 Å². The smallest absolute Gasteiger partial charge is 0.206 e. The molecule has 0 aromatic heterocycles. The highest BCUT2D eigenvalue weighted by Crippen LogP contribution is 2.25. The van der Waals surface area contributed by atoms with Gasteiger partial charge in [0.25, 0.3) is 0 Å². The van der Waals surface area contributed by atoms with Crippen LogP contribution in [-0.2, 0) is 12.8 Å². The summed E-state index contributed by atoms with van der Waals surface area (Å²) in [5.41, 5.74) is 3.29. The van der Waals surface area contributed by atoms with E-state index >= 15 is 0 Å². The van der Waals surface area contributed by atoms with Crippen molar-refractivity contribution in [1.29, 1.82) is 0 Å². The summed E-state index contributed by atoms with van der Waals surface area (Å²) in [6.45, 7) is 2.02. The molecule has 4 heteroatoms. The maximum atomic E-state index is 13.4. The van der Waals surface area contributed by atoms with Crippen LogP contribution >= 0.6 is 0 Å². The molecule has 0 heterocycles.